The number of alkyl halides is 2. The van der Waals surface area contributed by atoms with Crippen LogP contribution < -0.4 is 0 Å². The first kappa shape index (κ1) is 10.7. The maximum absolute atomic E-state index is 12.4. The number of hydrogen-bond acceptors (Lipinski definition) is 2. The first-order chi connectivity index (χ1) is 6.07. The Hall–Kier alpha value is -0.360. The molecule has 0 aliphatic carbocycles. The fraction of sp³-hybridized carbons (Fsp3) is 0.143. The van der Waals surface area contributed by atoms with Crippen LogP contribution in [0, 0.1) is 0 Å². The van der Waals surface area contributed by atoms with E-state index in [1.807, 2.05) is 0 Å². The van der Waals surface area contributed by atoms with Crippen molar-refractivity contribution in [2.24, 2.45) is 0 Å². The van der Waals surface area contributed by atoms with Gasteiger partial charge in [0, 0.05) is 16.2 Å². The molecule has 0 amide bonds. The van der Waals surface area contributed by atoms with Gasteiger partial charge in [0.05, 0.1) is 4.47 Å². The molecule has 1 aromatic heterocycles. The predicted octanol–water partition coefficient (Wildman–Crippen LogP) is 3.36. The Bertz CT molecular complexity index is 344. The maximum atomic E-state index is 12.4. The molecule has 0 saturated heterocycles. The summed E-state index contributed by atoms with van der Waals surface area (Å²) in [4.78, 5) is 14.0. The van der Waals surface area contributed by atoms with E-state index in [2.05, 4.69) is 36.8 Å². The van der Waals surface area contributed by atoms with Crippen LogP contribution in [0.2, 0.25) is 0 Å². The molecule has 70 valence electrons. The van der Waals surface area contributed by atoms with Crippen molar-refractivity contribution in [3.05, 3.63) is 26.4 Å². The van der Waals surface area contributed by atoms with Gasteiger partial charge >= 0.3 is 0 Å². The lowest BCUT2D eigenvalue weighted by atomic mass is 10.2. The Morgan fingerprint density at radius 3 is 2.54 bits per heavy atom. The molecular formula is C7H3Br2F2NO. The number of rotatable bonds is 2. The number of nitrogens with zero attached hydrogens (tertiary/aromatic N) is 1. The zero-order valence-corrected chi connectivity index (χ0v) is 9.27. The smallest absolute Gasteiger partial charge is 0.266 e. The normalized spacial score (nSPS) is 10.5. The van der Waals surface area contributed by atoms with Crippen LogP contribution in [0.5, 0.6) is 0 Å². The SMILES string of the molecule is O=Cc1ncc(Br)c(C(F)F)c1Br. The van der Waals surface area contributed by atoms with E-state index in [1.54, 1.807) is 0 Å². The third kappa shape index (κ3) is 2.11. The first-order valence-corrected chi connectivity index (χ1v) is 4.73. The third-order valence-corrected chi connectivity index (χ3v) is 2.83. The van der Waals surface area contributed by atoms with Gasteiger partial charge in [0.2, 0.25) is 0 Å². The van der Waals surface area contributed by atoms with Crippen LogP contribution in [0.1, 0.15) is 22.5 Å². The second-order valence-corrected chi connectivity index (χ2v) is 3.78. The fourth-order valence-electron chi connectivity index (χ4n) is 0.777. The second-order valence-electron chi connectivity index (χ2n) is 2.14. The molecule has 1 aromatic rings. The second kappa shape index (κ2) is 4.23. The van der Waals surface area contributed by atoms with Crippen LogP contribution in [0.25, 0.3) is 0 Å². The Morgan fingerprint density at radius 2 is 2.08 bits per heavy atom. The highest BCUT2D eigenvalue weighted by molar-refractivity contribution is 9.11. The molecule has 0 aromatic carbocycles. The number of carbonyl (C=O) groups is 1. The summed E-state index contributed by atoms with van der Waals surface area (Å²) in [7, 11) is 0. The van der Waals surface area contributed by atoms with Crippen molar-refractivity contribution in [1.29, 1.82) is 0 Å². The standard InChI is InChI=1S/C7H3Br2F2NO/c8-3-1-12-4(2-13)6(9)5(3)7(10)11/h1-2,7H. The lowest BCUT2D eigenvalue weighted by Crippen LogP contribution is -1.96. The highest BCUT2D eigenvalue weighted by Gasteiger charge is 2.18. The monoisotopic (exact) mass is 313 g/mol. The lowest BCUT2D eigenvalue weighted by Gasteiger charge is -2.06. The van der Waals surface area contributed by atoms with Gasteiger partial charge in [-0.3, -0.25) is 9.78 Å². The number of aromatic nitrogens is 1. The van der Waals surface area contributed by atoms with Gasteiger partial charge in [-0.05, 0) is 31.9 Å². The van der Waals surface area contributed by atoms with Crippen molar-refractivity contribution < 1.29 is 13.6 Å². The Kier molecular flexibility index (Phi) is 3.49. The fourth-order valence-corrected chi connectivity index (χ4v) is 2.10. The van der Waals surface area contributed by atoms with Gasteiger partial charge in [0.25, 0.3) is 6.43 Å². The molecule has 0 spiro atoms. The van der Waals surface area contributed by atoms with Gasteiger partial charge in [-0.2, -0.15) is 0 Å². The Morgan fingerprint density at radius 1 is 1.46 bits per heavy atom. The molecule has 13 heavy (non-hydrogen) atoms. The summed E-state index contributed by atoms with van der Waals surface area (Å²) in [6.45, 7) is 0. The van der Waals surface area contributed by atoms with Crippen LogP contribution in [0.4, 0.5) is 8.78 Å². The molecule has 0 atom stereocenters. The summed E-state index contributed by atoms with van der Waals surface area (Å²) in [6, 6.07) is 0. The van der Waals surface area contributed by atoms with Crippen molar-refractivity contribution in [3.63, 3.8) is 0 Å². The summed E-state index contributed by atoms with van der Waals surface area (Å²) in [5.41, 5.74) is -0.282. The van der Waals surface area contributed by atoms with Crippen molar-refractivity contribution in [1.82, 2.24) is 4.98 Å². The summed E-state index contributed by atoms with van der Waals surface area (Å²) >= 11 is 5.81. The molecule has 0 saturated carbocycles. The van der Waals surface area contributed by atoms with Gasteiger partial charge < -0.3 is 0 Å². The topological polar surface area (TPSA) is 30.0 Å². The average Bonchev–Trinajstić information content (AvgIpc) is 2.04. The van der Waals surface area contributed by atoms with Gasteiger partial charge in [0.1, 0.15) is 5.69 Å². The molecule has 6 heteroatoms. The molecule has 0 radical (unpaired) electrons. The van der Waals surface area contributed by atoms with Crippen molar-refractivity contribution in [2.75, 3.05) is 0 Å². The summed E-state index contributed by atoms with van der Waals surface area (Å²) in [5.74, 6) is 0. The number of carbonyl (C=O) groups excluding carboxylic acids is 1. The average molecular weight is 315 g/mol. The van der Waals surface area contributed by atoms with E-state index in [0.29, 0.717) is 6.29 Å². The summed E-state index contributed by atoms with van der Waals surface area (Å²) in [5, 5.41) is 0. The molecule has 0 N–H and O–H groups in total. The highest BCUT2D eigenvalue weighted by atomic mass is 79.9. The van der Waals surface area contributed by atoms with E-state index in [4.69, 9.17) is 0 Å². The van der Waals surface area contributed by atoms with Crippen LogP contribution in [0.15, 0.2) is 15.1 Å². The minimum absolute atomic E-state index is 0.0292. The van der Waals surface area contributed by atoms with Crippen LogP contribution in [-0.4, -0.2) is 11.3 Å². The molecule has 2 nitrogen and oxygen atoms in total. The van der Waals surface area contributed by atoms with Crippen LogP contribution in [0.3, 0.4) is 0 Å². The van der Waals surface area contributed by atoms with E-state index in [0.717, 1.165) is 0 Å². The zero-order valence-electron chi connectivity index (χ0n) is 6.10. The lowest BCUT2D eigenvalue weighted by molar-refractivity contribution is 0.111. The summed E-state index contributed by atoms with van der Waals surface area (Å²) in [6.07, 6.45) is -1.05. The minimum Gasteiger partial charge on any atom is -0.296 e. The summed E-state index contributed by atoms with van der Waals surface area (Å²) < 4.78 is 25.0. The van der Waals surface area contributed by atoms with E-state index >= 15 is 0 Å². The number of pyridine rings is 1. The van der Waals surface area contributed by atoms with E-state index < -0.39 is 6.43 Å². The minimum atomic E-state index is -2.65. The van der Waals surface area contributed by atoms with Crippen molar-refractivity contribution in [2.45, 2.75) is 6.43 Å². The number of aldehydes is 1. The zero-order chi connectivity index (χ0) is 10.0. The molecule has 0 aliphatic heterocycles. The van der Waals surface area contributed by atoms with E-state index in [-0.39, 0.29) is 20.2 Å². The van der Waals surface area contributed by atoms with E-state index in [1.165, 1.54) is 6.20 Å². The quantitative estimate of drug-likeness (QED) is 0.784. The van der Waals surface area contributed by atoms with Gasteiger partial charge in [-0.15, -0.1) is 0 Å². The molecular weight excluding hydrogens is 312 g/mol. The van der Waals surface area contributed by atoms with Crippen LogP contribution >= 0.6 is 31.9 Å². The van der Waals surface area contributed by atoms with Crippen molar-refractivity contribution in [3.8, 4) is 0 Å². The van der Waals surface area contributed by atoms with Gasteiger partial charge in [-0.25, -0.2) is 8.78 Å². The Labute approximate surface area is 89.6 Å². The predicted molar refractivity (Wildman–Crippen MR) is 50.0 cm³/mol. The number of halogens is 4. The molecule has 0 bridgehead atoms. The maximum Gasteiger partial charge on any atom is 0.266 e. The van der Waals surface area contributed by atoms with Crippen molar-refractivity contribution >= 4 is 38.1 Å². The van der Waals surface area contributed by atoms with Gasteiger partial charge in [-0.1, -0.05) is 0 Å². The van der Waals surface area contributed by atoms with Crippen LogP contribution in [-0.2, 0) is 0 Å². The molecule has 0 aliphatic rings. The van der Waals surface area contributed by atoms with E-state index in [9.17, 15) is 13.6 Å². The largest absolute Gasteiger partial charge is 0.296 e. The third-order valence-electron chi connectivity index (χ3n) is 1.37. The molecule has 1 rings (SSSR count). The highest BCUT2D eigenvalue weighted by Crippen LogP contribution is 2.34. The molecule has 0 fully saturated rings. The van der Waals surface area contributed by atoms with Gasteiger partial charge in [0.15, 0.2) is 6.29 Å². The molecule has 0 unspecified atom stereocenters. The number of hydrogen-bond donors (Lipinski definition) is 0. The Balaban J connectivity index is 3.38. The first-order valence-electron chi connectivity index (χ1n) is 3.15. The molecule has 1 heterocycles.